The summed E-state index contributed by atoms with van der Waals surface area (Å²) in [5, 5.41) is 0. The lowest BCUT2D eigenvalue weighted by atomic mass is 10.4. The fourth-order valence-electron chi connectivity index (χ4n) is 1.36. The van der Waals surface area contributed by atoms with Crippen LogP contribution in [0.2, 0.25) is 0 Å². The lowest BCUT2D eigenvalue weighted by Crippen LogP contribution is -2.20. The first-order chi connectivity index (χ1) is 5.40. The Morgan fingerprint density at radius 1 is 1.17 bits per heavy atom. The molecule has 1 nitrogen and oxygen atoms in total. The highest BCUT2D eigenvalue weighted by molar-refractivity contribution is 7.76. The molecule has 0 N–H and O–H groups in total. The summed E-state index contributed by atoms with van der Waals surface area (Å²) in [6.07, 6.45) is 0. The molecule has 0 aliphatic carbocycles. The molecule has 0 bridgehead atoms. The van der Waals surface area contributed by atoms with Crippen molar-refractivity contribution in [1.29, 1.82) is 0 Å². The van der Waals surface area contributed by atoms with Crippen LogP contribution in [-0.4, -0.2) is 38.0 Å². The molecule has 0 aromatic heterocycles. The van der Waals surface area contributed by atoms with Crippen LogP contribution < -0.4 is 0 Å². The quantitative estimate of drug-likeness (QED) is 0.613. The molecule has 0 saturated carbocycles. The summed E-state index contributed by atoms with van der Waals surface area (Å²) in [7, 11) is -0.756. The van der Waals surface area contributed by atoms with E-state index in [1.165, 1.54) is 5.70 Å². The first-order valence-corrected chi connectivity index (χ1v) is 7.86. The third-order valence-corrected chi connectivity index (χ3v) is 2.98. The van der Waals surface area contributed by atoms with E-state index in [1.807, 2.05) is 0 Å². The third kappa shape index (κ3) is 4.77. The summed E-state index contributed by atoms with van der Waals surface area (Å²) >= 11 is 0. The molecule has 0 spiro atoms. The van der Waals surface area contributed by atoms with Crippen LogP contribution in [0.5, 0.6) is 0 Å². The lowest BCUT2D eigenvalue weighted by Gasteiger charge is -2.22. The van der Waals surface area contributed by atoms with Crippen molar-refractivity contribution in [2.45, 2.75) is 20.8 Å². The fourth-order valence-corrected chi connectivity index (χ4v) is 2.65. The molecule has 0 aliphatic rings. The molecule has 12 heavy (non-hydrogen) atoms. The Labute approximate surface area is 78.2 Å². The van der Waals surface area contributed by atoms with Gasteiger partial charge in [-0.25, -0.2) is 0 Å². The average molecular weight is 188 g/mol. The molecule has 0 radical (unpaired) electrons. The van der Waals surface area contributed by atoms with E-state index in [-0.39, 0.29) is 0 Å². The Balaban J connectivity index is 4.34. The Kier molecular flexibility index (Phi) is 4.85. The van der Waals surface area contributed by atoms with Gasteiger partial charge in [0.2, 0.25) is 0 Å². The predicted molar refractivity (Wildman–Crippen MR) is 61.4 cm³/mol. The van der Waals surface area contributed by atoms with Crippen LogP contribution in [0.3, 0.4) is 0 Å². The first-order valence-electron chi connectivity index (χ1n) is 4.66. The summed E-state index contributed by atoms with van der Waals surface area (Å²) in [5.74, 6) is 2.44. The standard InChI is InChI=1S/C10H23NP/c1-7-11(8-2)10(3)9-12(4,5)6/h9H,7-8H2,1-6H3/q+1/b10-9+. The maximum atomic E-state index is 2.44. The van der Waals surface area contributed by atoms with Crippen LogP contribution in [0.1, 0.15) is 20.8 Å². The van der Waals surface area contributed by atoms with Gasteiger partial charge in [-0.05, 0) is 20.8 Å². The molecule has 0 fully saturated rings. The van der Waals surface area contributed by atoms with Crippen LogP contribution in [0.25, 0.3) is 0 Å². The number of nitrogens with zero attached hydrogens (tertiary/aromatic N) is 1. The number of allylic oxidation sites excluding steroid dienone is 1. The van der Waals surface area contributed by atoms with Crippen LogP contribution >= 0.6 is 7.26 Å². The number of hydrogen-bond donors (Lipinski definition) is 0. The summed E-state index contributed by atoms with van der Waals surface area (Å²) in [6, 6.07) is 0. The van der Waals surface area contributed by atoms with E-state index < -0.39 is 7.26 Å². The smallest absolute Gasteiger partial charge is 0.0766 e. The molecular formula is C10H23NP+. The van der Waals surface area contributed by atoms with Gasteiger partial charge in [0.05, 0.1) is 25.8 Å². The summed E-state index contributed by atoms with van der Waals surface area (Å²) in [5.41, 5.74) is 1.45. The van der Waals surface area contributed by atoms with Crippen molar-refractivity contribution in [3.8, 4) is 0 Å². The summed E-state index contributed by atoms with van der Waals surface area (Å²) in [4.78, 5) is 2.41. The molecule has 72 valence electrons. The number of rotatable bonds is 4. The van der Waals surface area contributed by atoms with E-state index in [0.717, 1.165) is 13.1 Å². The Hall–Kier alpha value is -0.0300. The highest BCUT2D eigenvalue weighted by atomic mass is 31.2. The van der Waals surface area contributed by atoms with Gasteiger partial charge in [0.25, 0.3) is 0 Å². The molecule has 0 aliphatic heterocycles. The van der Waals surface area contributed by atoms with Gasteiger partial charge in [0, 0.05) is 26.0 Å². The minimum absolute atomic E-state index is 0.756. The van der Waals surface area contributed by atoms with E-state index in [2.05, 4.69) is 51.5 Å². The van der Waals surface area contributed by atoms with Gasteiger partial charge >= 0.3 is 0 Å². The fraction of sp³-hybridized carbons (Fsp3) is 0.800. The van der Waals surface area contributed by atoms with Crippen molar-refractivity contribution < 1.29 is 0 Å². The van der Waals surface area contributed by atoms with Crippen molar-refractivity contribution in [3.63, 3.8) is 0 Å². The topological polar surface area (TPSA) is 3.24 Å². The SMILES string of the molecule is CCN(CC)/C(C)=C/[P+](C)(C)C. The van der Waals surface area contributed by atoms with Crippen LogP contribution in [0.15, 0.2) is 11.5 Å². The normalized spacial score (nSPS) is 13.3. The molecule has 0 aromatic rings. The first kappa shape index (κ1) is 12.0. The van der Waals surface area contributed by atoms with Gasteiger partial charge < -0.3 is 4.90 Å². The summed E-state index contributed by atoms with van der Waals surface area (Å²) < 4.78 is 0. The largest absolute Gasteiger partial charge is 0.373 e. The maximum Gasteiger partial charge on any atom is 0.0766 e. The Morgan fingerprint density at radius 3 is 1.83 bits per heavy atom. The second-order valence-electron chi connectivity index (χ2n) is 4.06. The predicted octanol–water partition coefficient (Wildman–Crippen LogP) is 3.10. The van der Waals surface area contributed by atoms with Gasteiger partial charge in [-0.15, -0.1) is 0 Å². The molecular weight excluding hydrogens is 165 g/mol. The highest BCUT2D eigenvalue weighted by Gasteiger charge is 2.15. The van der Waals surface area contributed by atoms with Crippen LogP contribution in [-0.2, 0) is 0 Å². The zero-order valence-corrected chi connectivity index (χ0v) is 10.3. The zero-order chi connectivity index (χ0) is 9.78. The Bertz CT molecular complexity index is 152. The minimum Gasteiger partial charge on any atom is -0.373 e. The molecule has 0 saturated heterocycles. The molecule has 2 heteroatoms. The minimum atomic E-state index is -0.756. The van der Waals surface area contributed by atoms with E-state index >= 15 is 0 Å². The van der Waals surface area contributed by atoms with Gasteiger partial charge in [-0.1, -0.05) is 0 Å². The van der Waals surface area contributed by atoms with Gasteiger partial charge in [0.15, 0.2) is 0 Å². The van der Waals surface area contributed by atoms with E-state index in [4.69, 9.17) is 0 Å². The molecule has 0 heterocycles. The van der Waals surface area contributed by atoms with Crippen molar-refractivity contribution >= 4 is 7.26 Å². The molecule has 0 atom stereocenters. The Morgan fingerprint density at radius 2 is 1.58 bits per heavy atom. The van der Waals surface area contributed by atoms with E-state index in [0.29, 0.717) is 0 Å². The van der Waals surface area contributed by atoms with Crippen molar-refractivity contribution in [1.82, 2.24) is 4.90 Å². The van der Waals surface area contributed by atoms with E-state index in [9.17, 15) is 0 Å². The lowest BCUT2D eigenvalue weighted by molar-refractivity contribution is 0.384. The molecule has 0 aromatic carbocycles. The second-order valence-corrected chi connectivity index (χ2v) is 8.55. The van der Waals surface area contributed by atoms with Gasteiger partial charge in [-0.2, -0.15) is 0 Å². The number of hydrogen-bond acceptors (Lipinski definition) is 1. The zero-order valence-electron chi connectivity index (χ0n) is 9.39. The molecule has 0 unspecified atom stereocenters. The van der Waals surface area contributed by atoms with E-state index in [1.54, 1.807) is 0 Å². The monoisotopic (exact) mass is 188 g/mol. The second kappa shape index (κ2) is 4.87. The van der Waals surface area contributed by atoms with Crippen molar-refractivity contribution in [2.75, 3.05) is 33.1 Å². The van der Waals surface area contributed by atoms with Crippen molar-refractivity contribution in [2.24, 2.45) is 0 Å². The highest BCUT2D eigenvalue weighted by Crippen LogP contribution is 2.49. The average Bonchev–Trinajstić information content (AvgIpc) is 1.85. The van der Waals surface area contributed by atoms with Crippen LogP contribution in [0.4, 0.5) is 0 Å². The van der Waals surface area contributed by atoms with Gasteiger partial charge in [0.1, 0.15) is 0 Å². The molecule has 0 rings (SSSR count). The van der Waals surface area contributed by atoms with Crippen molar-refractivity contribution in [3.05, 3.63) is 11.5 Å². The third-order valence-electron chi connectivity index (χ3n) is 1.84. The van der Waals surface area contributed by atoms with Crippen LogP contribution in [0, 0.1) is 0 Å². The summed E-state index contributed by atoms with van der Waals surface area (Å²) in [6.45, 7) is 15.9. The van der Waals surface area contributed by atoms with Gasteiger partial charge in [-0.3, -0.25) is 0 Å². The maximum absolute atomic E-state index is 2.44. The molecule has 0 amide bonds.